The second-order valence-corrected chi connectivity index (χ2v) is 5.14. The summed E-state index contributed by atoms with van der Waals surface area (Å²) in [5.74, 6) is 0.266. The van der Waals surface area contributed by atoms with E-state index in [1.807, 2.05) is 7.05 Å². The first-order chi connectivity index (χ1) is 9.60. The van der Waals surface area contributed by atoms with Crippen molar-refractivity contribution in [2.24, 2.45) is 0 Å². The quantitative estimate of drug-likeness (QED) is 0.881. The minimum absolute atomic E-state index is 0.140. The lowest BCUT2D eigenvalue weighted by Gasteiger charge is -2.09. The van der Waals surface area contributed by atoms with Crippen LogP contribution < -0.4 is 10.1 Å². The SMILES string of the molecule is CNCc1ccc(F)c(COc2ccc(Cl)c(Cl)c2)c1. The molecule has 0 atom stereocenters. The fourth-order valence-corrected chi connectivity index (χ4v) is 2.07. The van der Waals surface area contributed by atoms with Crippen LogP contribution in [0.3, 0.4) is 0 Å². The zero-order valence-corrected chi connectivity index (χ0v) is 12.4. The van der Waals surface area contributed by atoms with Gasteiger partial charge in [-0.1, -0.05) is 29.3 Å². The Bertz CT molecular complexity index is 604. The Balaban J connectivity index is 2.09. The Morgan fingerprint density at radius 3 is 2.60 bits per heavy atom. The first-order valence-corrected chi connectivity index (χ1v) is 6.85. The van der Waals surface area contributed by atoms with Gasteiger partial charge in [0, 0.05) is 18.2 Å². The van der Waals surface area contributed by atoms with Gasteiger partial charge in [-0.25, -0.2) is 4.39 Å². The minimum Gasteiger partial charge on any atom is -0.489 e. The normalized spacial score (nSPS) is 10.6. The highest BCUT2D eigenvalue weighted by molar-refractivity contribution is 6.42. The van der Waals surface area contributed by atoms with E-state index in [1.165, 1.54) is 6.07 Å². The van der Waals surface area contributed by atoms with Crippen molar-refractivity contribution in [1.29, 1.82) is 0 Å². The Kier molecular flexibility index (Phi) is 5.24. The van der Waals surface area contributed by atoms with Crippen LogP contribution in [0.5, 0.6) is 5.75 Å². The van der Waals surface area contributed by atoms with E-state index < -0.39 is 0 Å². The van der Waals surface area contributed by atoms with E-state index in [4.69, 9.17) is 27.9 Å². The number of rotatable bonds is 5. The van der Waals surface area contributed by atoms with Crippen molar-refractivity contribution in [3.8, 4) is 5.75 Å². The highest BCUT2D eigenvalue weighted by atomic mass is 35.5. The summed E-state index contributed by atoms with van der Waals surface area (Å²) < 4.78 is 19.2. The van der Waals surface area contributed by atoms with Crippen LogP contribution in [0.1, 0.15) is 11.1 Å². The minimum atomic E-state index is -0.287. The molecule has 20 heavy (non-hydrogen) atoms. The Hall–Kier alpha value is -1.29. The number of hydrogen-bond acceptors (Lipinski definition) is 2. The molecular formula is C15H14Cl2FNO. The van der Waals surface area contributed by atoms with Gasteiger partial charge in [0.05, 0.1) is 10.0 Å². The van der Waals surface area contributed by atoms with E-state index in [-0.39, 0.29) is 12.4 Å². The van der Waals surface area contributed by atoms with E-state index in [2.05, 4.69) is 5.32 Å². The van der Waals surface area contributed by atoms with Crippen molar-refractivity contribution in [2.45, 2.75) is 13.2 Å². The number of benzene rings is 2. The van der Waals surface area contributed by atoms with Crippen molar-refractivity contribution in [3.05, 3.63) is 63.4 Å². The van der Waals surface area contributed by atoms with Gasteiger partial charge in [-0.05, 0) is 36.9 Å². The predicted octanol–water partition coefficient (Wildman–Crippen LogP) is 4.43. The molecule has 0 aliphatic heterocycles. The van der Waals surface area contributed by atoms with Crippen LogP contribution in [0, 0.1) is 5.82 Å². The Morgan fingerprint density at radius 1 is 1.10 bits per heavy atom. The highest BCUT2D eigenvalue weighted by Gasteiger charge is 2.06. The van der Waals surface area contributed by atoms with Crippen LogP contribution in [0.2, 0.25) is 10.0 Å². The van der Waals surface area contributed by atoms with Gasteiger partial charge in [-0.15, -0.1) is 0 Å². The molecule has 0 unspecified atom stereocenters. The average molecular weight is 314 g/mol. The molecule has 2 aromatic carbocycles. The maximum atomic E-state index is 13.7. The molecule has 0 spiro atoms. The zero-order valence-electron chi connectivity index (χ0n) is 10.9. The van der Waals surface area contributed by atoms with Gasteiger partial charge in [0.1, 0.15) is 18.2 Å². The molecule has 0 aromatic heterocycles. The van der Waals surface area contributed by atoms with Gasteiger partial charge in [-0.2, -0.15) is 0 Å². The molecular weight excluding hydrogens is 300 g/mol. The number of ether oxygens (including phenoxy) is 1. The Morgan fingerprint density at radius 2 is 1.90 bits per heavy atom. The van der Waals surface area contributed by atoms with Crippen molar-refractivity contribution < 1.29 is 9.13 Å². The maximum absolute atomic E-state index is 13.7. The van der Waals surface area contributed by atoms with E-state index >= 15 is 0 Å². The summed E-state index contributed by atoms with van der Waals surface area (Å²) in [6.07, 6.45) is 0. The highest BCUT2D eigenvalue weighted by Crippen LogP contribution is 2.27. The third kappa shape index (κ3) is 3.85. The van der Waals surface area contributed by atoms with Crippen molar-refractivity contribution in [2.75, 3.05) is 7.05 Å². The van der Waals surface area contributed by atoms with Gasteiger partial charge in [0.15, 0.2) is 0 Å². The molecule has 0 saturated carbocycles. The molecule has 0 saturated heterocycles. The van der Waals surface area contributed by atoms with Gasteiger partial charge in [-0.3, -0.25) is 0 Å². The topological polar surface area (TPSA) is 21.3 Å². The van der Waals surface area contributed by atoms with Gasteiger partial charge < -0.3 is 10.1 Å². The molecule has 0 amide bonds. The summed E-state index contributed by atoms with van der Waals surface area (Å²) >= 11 is 11.7. The lowest BCUT2D eigenvalue weighted by Crippen LogP contribution is -2.07. The van der Waals surface area contributed by atoms with E-state index in [0.717, 1.165) is 5.56 Å². The predicted molar refractivity (Wildman–Crippen MR) is 80.0 cm³/mol. The van der Waals surface area contributed by atoms with Crippen LogP contribution in [0.4, 0.5) is 4.39 Å². The molecule has 2 aromatic rings. The first kappa shape index (κ1) is 15.1. The molecule has 2 nitrogen and oxygen atoms in total. The van der Waals surface area contributed by atoms with Crippen LogP contribution in [0.15, 0.2) is 36.4 Å². The molecule has 1 N–H and O–H groups in total. The third-order valence-electron chi connectivity index (χ3n) is 2.78. The molecule has 0 aliphatic carbocycles. The molecule has 106 valence electrons. The molecule has 2 rings (SSSR count). The van der Waals surface area contributed by atoms with Crippen molar-refractivity contribution >= 4 is 23.2 Å². The number of hydrogen-bond donors (Lipinski definition) is 1. The molecule has 0 bridgehead atoms. The maximum Gasteiger partial charge on any atom is 0.129 e. The summed E-state index contributed by atoms with van der Waals surface area (Å²) in [4.78, 5) is 0. The second-order valence-electron chi connectivity index (χ2n) is 4.32. The van der Waals surface area contributed by atoms with Crippen LogP contribution >= 0.6 is 23.2 Å². The lowest BCUT2D eigenvalue weighted by molar-refractivity contribution is 0.299. The third-order valence-corrected chi connectivity index (χ3v) is 3.52. The summed E-state index contributed by atoms with van der Waals surface area (Å²) in [6.45, 7) is 0.821. The molecule has 0 aliphatic rings. The first-order valence-electron chi connectivity index (χ1n) is 6.10. The largest absolute Gasteiger partial charge is 0.489 e. The van der Waals surface area contributed by atoms with Crippen LogP contribution in [0.25, 0.3) is 0 Å². The monoisotopic (exact) mass is 313 g/mol. The smallest absolute Gasteiger partial charge is 0.129 e. The fraction of sp³-hybridized carbons (Fsp3) is 0.200. The van der Waals surface area contributed by atoms with E-state index in [0.29, 0.717) is 27.9 Å². The summed E-state index contributed by atoms with van der Waals surface area (Å²) in [5.41, 5.74) is 1.51. The van der Waals surface area contributed by atoms with Crippen LogP contribution in [-0.4, -0.2) is 7.05 Å². The Labute approximate surface area is 127 Å². The molecule has 5 heteroatoms. The molecule has 0 fully saturated rings. The van der Waals surface area contributed by atoms with Gasteiger partial charge >= 0.3 is 0 Å². The number of halogens is 3. The van der Waals surface area contributed by atoms with E-state index in [9.17, 15) is 4.39 Å². The van der Waals surface area contributed by atoms with Crippen molar-refractivity contribution in [1.82, 2.24) is 5.32 Å². The molecule has 0 heterocycles. The number of nitrogens with one attached hydrogen (secondary N) is 1. The van der Waals surface area contributed by atoms with Gasteiger partial charge in [0.25, 0.3) is 0 Å². The lowest BCUT2D eigenvalue weighted by atomic mass is 10.1. The standard InChI is InChI=1S/C15H14Cl2FNO/c1-19-8-10-2-5-15(18)11(6-10)9-20-12-3-4-13(16)14(17)7-12/h2-7,19H,8-9H2,1H3. The van der Waals surface area contributed by atoms with Crippen LogP contribution in [-0.2, 0) is 13.2 Å². The summed E-state index contributed by atoms with van der Waals surface area (Å²) in [5, 5.41) is 3.89. The van der Waals surface area contributed by atoms with Gasteiger partial charge in [0.2, 0.25) is 0 Å². The second kappa shape index (κ2) is 6.93. The summed E-state index contributed by atoms with van der Waals surface area (Å²) in [7, 11) is 1.84. The molecule has 0 radical (unpaired) electrons. The average Bonchev–Trinajstić information content (AvgIpc) is 2.43. The van der Waals surface area contributed by atoms with Crippen molar-refractivity contribution in [3.63, 3.8) is 0 Å². The zero-order chi connectivity index (χ0) is 14.5. The van der Waals surface area contributed by atoms with E-state index in [1.54, 1.807) is 30.3 Å². The summed E-state index contributed by atoms with van der Waals surface area (Å²) in [6, 6.07) is 9.92. The fourth-order valence-electron chi connectivity index (χ4n) is 1.78.